The summed E-state index contributed by atoms with van der Waals surface area (Å²) in [6, 6.07) is 0.101. The molecular weight excluding hydrogens is 184 g/mol. The van der Waals surface area contributed by atoms with Crippen molar-refractivity contribution in [1.29, 1.82) is 0 Å². The van der Waals surface area contributed by atoms with Gasteiger partial charge in [-0.25, -0.2) is 9.48 Å². The fraction of sp³-hybridized carbons (Fsp3) is 0.750. The summed E-state index contributed by atoms with van der Waals surface area (Å²) < 4.78 is 6.30. The molecule has 0 spiro atoms. The van der Waals surface area contributed by atoms with Crippen LogP contribution in [0.25, 0.3) is 0 Å². The third-order valence-electron chi connectivity index (χ3n) is 1.96. The minimum Gasteiger partial charge on any atom is -0.460 e. The Kier molecular flexibility index (Phi) is 3.55. The van der Waals surface area contributed by atoms with Crippen LogP contribution in [0.4, 0.5) is 0 Å². The highest BCUT2D eigenvalue weighted by molar-refractivity contribution is 5.85. The lowest BCUT2D eigenvalue weighted by atomic mass is 10.3. The van der Waals surface area contributed by atoms with Gasteiger partial charge in [-0.3, -0.25) is 0 Å². The zero-order valence-corrected chi connectivity index (χ0v) is 8.60. The third-order valence-corrected chi connectivity index (χ3v) is 1.96. The van der Waals surface area contributed by atoms with Crippen molar-refractivity contribution < 1.29 is 9.53 Å². The summed E-state index contributed by atoms with van der Waals surface area (Å²) in [7, 11) is 0. The van der Waals surface area contributed by atoms with Crippen molar-refractivity contribution in [3.63, 3.8) is 0 Å². The minimum atomic E-state index is -0.474. The Bertz CT molecular complexity index is 310. The van der Waals surface area contributed by atoms with E-state index in [1.165, 1.54) is 4.68 Å². The smallest absolute Gasteiger partial charge is 0.378 e. The van der Waals surface area contributed by atoms with Crippen LogP contribution in [0.2, 0.25) is 0 Å². The Balaban J connectivity index is 2.86. The average molecular weight is 198 g/mol. The van der Waals surface area contributed by atoms with E-state index in [9.17, 15) is 4.79 Å². The van der Waals surface area contributed by atoms with Gasteiger partial charge in [0.2, 0.25) is 0 Å². The van der Waals surface area contributed by atoms with Crippen molar-refractivity contribution in [3.8, 4) is 0 Å². The summed E-state index contributed by atoms with van der Waals surface area (Å²) >= 11 is 0. The van der Waals surface area contributed by atoms with E-state index in [-0.39, 0.29) is 11.9 Å². The van der Waals surface area contributed by atoms with Crippen LogP contribution in [-0.2, 0) is 4.74 Å². The molecule has 1 aromatic heterocycles. The molecule has 1 heterocycles. The highest BCUT2D eigenvalue weighted by Gasteiger charge is 2.19. The molecule has 0 aromatic carbocycles. The van der Waals surface area contributed by atoms with Crippen LogP contribution >= 0.6 is 0 Å². The van der Waals surface area contributed by atoms with Crippen LogP contribution in [0.3, 0.4) is 0 Å². The van der Waals surface area contributed by atoms with Gasteiger partial charge in [0.15, 0.2) is 0 Å². The van der Waals surface area contributed by atoms with Crippen molar-refractivity contribution in [2.75, 3.05) is 6.61 Å². The molecule has 1 rings (SSSR count). The lowest BCUT2D eigenvalue weighted by Crippen LogP contribution is -2.17. The standard InChI is InChI=1S/C8H14N4O2/c1-4-6(3)12-7(9-10-11-12)8(13)14-5-2/h6H,4-5H2,1-3H3. The van der Waals surface area contributed by atoms with E-state index in [0.29, 0.717) is 6.61 Å². The van der Waals surface area contributed by atoms with Crippen LogP contribution in [0.15, 0.2) is 0 Å². The molecule has 78 valence electrons. The summed E-state index contributed by atoms with van der Waals surface area (Å²) in [5, 5.41) is 10.8. The summed E-state index contributed by atoms with van der Waals surface area (Å²) in [4.78, 5) is 11.4. The molecule has 0 radical (unpaired) electrons. The number of rotatable bonds is 4. The first-order valence-electron chi connectivity index (χ1n) is 4.65. The van der Waals surface area contributed by atoms with Crippen LogP contribution in [-0.4, -0.2) is 32.8 Å². The second-order valence-electron chi connectivity index (χ2n) is 2.92. The molecule has 0 saturated carbocycles. The van der Waals surface area contributed by atoms with Gasteiger partial charge in [-0.2, -0.15) is 0 Å². The van der Waals surface area contributed by atoms with Gasteiger partial charge in [-0.15, -0.1) is 5.10 Å². The topological polar surface area (TPSA) is 69.9 Å². The van der Waals surface area contributed by atoms with Gasteiger partial charge in [0.25, 0.3) is 5.82 Å². The average Bonchev–Trinajstić information content (AvgIpc) is 2.65. The number of tetrazole rings is 1. The molecule has 1 atom stereocenters. The van der Waals surface area contributed by atoms with Gasteiger partial charge in [-0.05, 0) is 30.7 Å². The van der Waals surface area contributed by atoms with Gasteiger partial charge in [0.1, 0.15) is 0 Å². The van der Waals surface area contributed by atoms with E-state index < -0.39 is 5.97 Å². The number of aromatic nitrogens is 4. The number of hydrogen-bond donors (Lipinski definition) is 0. The number of carbonyl (C=O) groups is 1. The first-order chi connectivity index (χ1) is 6.70. The molecule has 6 nitrogen and oxygen atoms in total. The Morgan fingerprint density at radius 1 is 1.57 bits per heavy atom. The van der Waals surface area contributed by atoms with E-state index in [0.717, 1.165) is 6.42 Å². The fourth-order valence-corrected chi connectivity index (χ4v) is 0.993. The van der Waals surface area contributed by atoms with Gasteiger partial charge < -0.3 is 4.74 Å². The van der Waals surface area contributed by atoms with Crippen molar-refractivity contribution >= 4 is 5.97 Å². The fourth-order valence-electron chi connectivity index (χ4n) is 0.993. The number of carbonyl (C=O) groups excluding carboxylic acids is 1. The van der Waals surface area contributed by atoms with Crippen LogP contribution in [0.1, 0.15) is 43.9 Å². The Morgan fingerprint density at radius 2 is 2.29 bits per heavy atom. The van der Waals surface area contributed by atoms with E-state index in [1.807, 2.05) is 13.8 Å². The van der Waals surface area contributed by atoms with E-state index in [4.69, 9.17) is 4.74 Å². The summed E-state index contributed by atoms with van der Waals surface area (Å²) in [5.74, 6) is -0.306. The molecule has 0 aliphatic carbocycles. The predicted octanol–water partition coefficient (Wildman–Crippen LogP) is 0.821. The van der Waals surface area contributed by atoms with Crippen LogP contribution < -0.4 is 0 Å². The lowest BCUT2D eigenvalue weighted by Gasteiger charge is -2.09. The molecule has 0 aliphatic heterocycles. The second-order valence-corrected chi connectivity index (χ2v) is 2.92. The highest BCUT2D eigenvalue weighted by atomic mass is 16.5. The second kappa shape index (κ2) is 4.69. The lowest BCUT2D eigenvalue weighted by molar-refractivity contribution is 0.0501. The summed E-state index contributed by atoms with van der Waals surface area (Å²) in [6.07, 6.45) is 0.859. The minimum absolute atomic E-state index is 0.101. The molecular formula is C8H14N4O2. The van der Waals surface area contributed by atoms with E-state index in [1.54, 1.807) is 6.92 Å². The monoisotopic (exact) mass is 198 g/mol. The largest absolute Gasteiger partial charge is 0.460 e. The Hall–Kier alpha value is -1.46. The molecule has 6 heteroatoms. The number of hydrogen-bond acceptors (Lipinski definition) is 5. The van der Waals surface area contributed by atoms with Crippen LogP contribution in [0.5, 0.6) is 0 Å². The molecule has 1 unspecified atom stereocenters. The van der Waals surface area contributed by atoms with E-state index >= 15 is 0 Å². The van der Waals surface area contributed by atoms with Crippen molar-refractivity contribution in [3.05, 3.63) is 5.82 Å². The Labute approximate surface area is 82.2 Å². The van der Waals surface area contributed by atoms with Crippen molar-refractivity contribution in [1.82, 2.24) is 20.2 Å². The summed E-state index contributed by atoms with van der Waals surface area (Å²) in [6.45, 7) is 6.02. The molecule has 0 saturated heterocycles. The molecule has 0 fully saturated rings. The van der Waals surface area contributed by atoms with Gasteiger partial charge in [0, 0.05) is 0 Å². The molecule has 0 aliphatic rings. The number of ether oxygens (including phenoxy) is 1. The first kappa shape index (κ1) is 10.6. The van der Waals surface area contributed by atoms with Gasteiger partial charge >= 0.3 is 5.97 Å². The normalized spacial score (nSPS) is 12.5. The first-order valence-corrected chi connectivity index (χ1v) is 4.65. The molecule has 0 N–H and O–H groups in total. The van der Waals surface area contributed by atoms with Crippen LogP contribution in [0, 0.1) is 0 Å². The molecule has 0 amide bonds. The highest BCUT2D eigenvalue weighted by Crippen LogP contribution is 2.09. The zero-order chi connectivity index (χ0) is 10.6. The van der Waals surface area contributed by atoms with Crippen molar-refractivity contribution in [2.24, 2.45) is 0 Å². The zero-order valence-electron chi connectivity index (χ0n) is 8.60. The molecule has 0 bridgehead atoms. The van der Waals surface area contributed by atoms with Gasteiger partial charge in [0.05, 0.1) is 12.6 Å². The predicted molar refractivity (Wildman–Crippen MR) is 48.8 cm³/mol. The van der Waals surface area contributed by atoms with E-state index in [2.05, 4.69) is 15.5 Å². The SMILES string of the molecule is CCOC(=O)c1nnnn1C(C)CC. The van der Waals surface area contributed by atoms with Gasteiger partial charge in [-0.1, -0.05) is 6.92 Å². The quantitative estimate of drug-likeness (QED) is 0.670. The number of nitrogens with zero attached hydrogens (tertiary/aromatic N) is 4. The Morgan fingerprint density at radius 3 is 2.86 bits per heavy atom. The number of esters is 1. The third kappa shape index (κ3) is 2.07. The van der Waals surface area contributed by atoms with Crippen molar-refractivity contribution in [2.45, 2.75) is 33.2 Å². The maximum absolute atomic E-state index is 11.4. The maximum Gasteiger partial charge on any atom is 0.378 e. The molecule has 14 heavy (non-hydrogen) atoms. The summed E-state index contributed by atoms with van der Waals surface area (Å²) in [5.41, 5.74) is 0. The maximum atomic E-state index is 11.4. The molecule has 1 aromatic rings.